The lowest BCUT2D eigenvalue weighted by molar-refractivity contribution is -0.121. The zero-order chi connectivity index (χ0) is 14.4. The van der Waals surface area contributed by atoms with Gasteiger partial charge in [0.25, 0.3) is 0 Å². The van der Waals surface area contributed by atoms with E-state index in [2.05, 4.69) is 0 Å². The van der Waals surface area contributed by atoms with E-state index < -0.39 is 18.1 Å². The van der Waals surface area contributed by atoms with Gasteiger partial charge in [0.15, 0.2) is 6.29 Å². The first kappa shape index (κ1) is 15.1. The first-order valence-electron chi connectivity index (χ1n) is 5.86. The summed E-state index contributed by atoms with van der Waals surface area (Å²) in [6, 6.07) is 4.46. The van der Waals surface area contributed by atoms with Gasteiger partial charge < -0.3 is 20.7 Å². The molecule has 0 fully saturated rings. The average molecular weight is 267 g/mol. The van der Waals surface area contributed by atoms with Gasteiger partial charge in [-0.05, 0) is 24.6 Å². The van der Waals surface area contributed by atoms with E-state index >= 15 is 0 Å². The molecule has 6 nitrogen and oxygen atoms in total. The number of carbonyl (C=O) groups is 2. The highest BCUT2D eigenvalue weighted by molar-refractivity contribution is 5.79. The number of amides is 1. The summed E-state index contributed by atoms with van der Waals surface area (Å²) in [7, 11) is 0. The second-order valence-electron chi connectivity index (χ2n) is 4.03. The summed E-state index contributed by atoms with van der Waals surface area (Å²) >= 11 is 0. The summed E-state index contributed by atoms with van der Waals surface area (Å²) in [5, 5.41) is 19.5. The minimum Gasteiger partial charge on any atom is -0.493 e. The van der Waals surface area contributed by atoms with Gasteiger partial charge in [0.1, 0.15) is 11.9 Å². The third-order valence-corrected chi connectivity index (χ3v) is 2.58. The molecule has 2 atom stereocenters. The smallest absolute Gasteiger partial charge is 0.220 e. The summed E-state index contributed by atoms with van der Waals surface area (Å²) in [4.78, 5) is 21.6. The summed E-state index contributed by atoms with van der Waals surface area (Å²) in [6.45, 7) is 2.20. The van der Waals surface area contributed by atoms with E-state index in [1.807, 2.05) is 0 Å². The number of aliphatic hydroxyl groups is 2. The van der Waals surface area contributed by atoms with Crippen molar-refractivity contribution in [3.63, 3.8) is 0 Å². The number of rotatable bonds is 7. The normalized spacial score (nSPS) is 13.6. The Morgan fingerprint density at radius 3 is 2.68 bits per heavy atom. The second-order valence-corrected chi connectivity index (χ2v) is 4.03. The summed E-state index contributed by atoms with van der Waals surface area (Å²) < 4.78 is 5.24. The Bertz CT molecular complexity index is 460. The minimum atomic E-state index is -1.31. The van der Waals surface area contributed by atoms with Crippen molar-refractivity contribution in [2.75, 3.05) is 6.61 Å². The van der Waals surface area contributed by atoms with Gasteiger partial charge in [0.2, 0.25) is 5.91 Å². The molecular formula is C13H17NO5. The molecule has 0 heterocycles. The number of primary amides is 1. The van der Waals surface area contributed by atoms with E-state index in [1.165, 1.54) is 18.2 Å². The number of ether oxygens (including phenoxy) is 1. The molecule has 0 spiro atoms. The van der Waals surface area contributed by atoms with Crippen LogP contribution in [0.3, 0.4) is 0 Å². The lowest BCUT2D eigenvalue weighted by Gasteiger charge is -2.18. The molecule has 6 heteroatoms. The van der Waals surface area contributed by atoms with Gasteiger partial charge in [-0.3, -0.25) is 9.59 Å². The molecule has 2 unspecified atom stereocenters. The molecule has 104 valence electrons. The first-order chi connectivity index (χ1) is 8.99. The molecule has 0 saturated heterocycles. The van der Waals surface area contributed by atoms with Gasteiger partial charge >= 0.3 is 0 Å². The van der Waals surface area contributed by atoms with Crippen LogP contribution in [0.25, 0.3) is 0 Å². The molecule has 1 rings (SSSR count). The third kappa shape index (κ3) is 4.04. The van der Waals surface area contributed by atoms with E-state index in [4.69, 9.17) is 10.5 Å². The molecule has 0 aromatic heterocycles. The highest BCUT2D eigenvalue weighted by Gasteiger charge is 2.21. The van der Waals surface area contributed by atoms with Crippen LogP contribution in [0.1, 0.15) is 35.4 Å². The van der Waals surface area contributed by atoms with Crippen molar-refractivity contribution >= 4 is 12.2 Å². The fourth-order valence-electron chi connectivity index (χ4n) is 1.67. The highest BCUT2D eigenvalue weighted by atomic mass is 16.5. The zero-order valence-corrected chi connectivity index (χ0v) is 10.6. The Balaban J connectivity index is 2.94. The Hall–Kier alpha value is -1.92. The van der Waals surface area contributed by atoms with Gasteiger partial charge in [0, 0.05) is 0 Å². The SMILES string of the molecule is CCOc1ccc(C(O)C(O)CC(N)=O)cc1C=O. The maximum Gasteiger partial charge on any atom is 0.220 e. The molecule has 19 heavy (non-hydrogen) atoms. The summed E-state index contributed by atoms with van der Waals surface area (Å²) in [5.41, 5.74) is 5.53. The number of aldehydes is 1. The van der Waals surface area contributed by atoms with Crippen molar-refractivity contribution in [1.29, 1.82) is 0 Å². The average Bonchev–Trinajstić information content (AvgIpc) is 2.37. The standard InChI is InChI=1S/C13H17NO5/c1-2-19-11-4-3-8(5-9(11)7-15)13(18)10(16)6-12(14)17/h3-5,7,10,13,16,18H,2,6H2,1H3,(H2,14,17). The monoisotopic (exact) mass is 267 g/mol. The molecule has 0 saturated carbocycles. The van der Waals surface area contributed by atoms with E-state index in [0.29, 0.717) is 24.2 Å². The van der Waals surface area contributed by atoms with Gasteiger partial charge in [-0.2, -0.15) is 0 Å². The maximum absolute atomic E-state index is 10.9. The van der Waals surface area contributed by atoms with E-state index in [9.17, 15) is 19.8 Å². The van der Waals surface area contributed by atoms with Crippen LogP contribution in [0, 0.1) is 0 Å². The van der Waals surface area contributed by atoms with Gasteiger partial charge in [-0.25, -0.2) is 0 Å². The molecule has 1 amide bonds. The molecule has 0 bridgehead atoms. The number of benzene rings is 1. The van der Waals surface area contributed by atoms with E-state index in [-0.39, 0.29) is 12.0 Å². The summed E-state index contributed by atoms with van der Waals surface area (Å²) in [5.74, 6) is -0.314. The molecule has 1 aromatic carbocycles. The molecular weight excluding hydrogens is 250 g/mol. The molecule has 0 aliphatic rings. The Kier molecular flexibility index (Phi) is 5.47. The predicted octanol–water partition coefficient (Wildman–Crippen LogP) is 0.167. The fraction of sp³-hybridized carbons (Fsp3) is 0.385. The lowest BCUT2D eigenvalue weighted by Crippen LogP contribution is -2.25. The van der Waals surface area contributed by atoms with Crippen LogP contribution in [0.2, 0.25) is 0 Å². The van der Waals surface area contributed by atoms with E-state index in [1.54, 1.807) is 6.92 Å². The molecule has 1 aromatic rings. The number of carbonyl (C=O) groups excluding carboxylic acids is 2. The highest BCUT2D eigenvalue weighted by Crippen LogP contribution is 2.25. The first-order valence-corrected chi connectivity index (χ1v) is 5.86. The minimum absolute atomic E-state index is 0.268. The van der Waals surface area contributed by atoms with Crippen LogP contribution in [0.4, 0.5) is 0 Å². The van der Waals surface area contributed by atoms with Crippen LogP contribution in [0.5, 0.6) is 5.75 Å². The van der Waals surface area contributed by atoms with Crippen molar-refractivity contribution in [2.24, 2.45) is 5.73 Å². The molecule has 0 radical (unpaired) electrons. The number of aliphatic hydroxyl groups excluding tert-OH is 2. The van der Waals surface area contributed by atoms with Crippen LogP contribution >= 0.6 is 0 Å². The lowest BCUT2D eigenvalue weighted by atomic mass is 10.00. The number of hydrogen-bond acceptors (Lipinski definition) is 5. The van der Waals surface area contributed by atoms with Gasteiger partial charge in [-0.1, -0.05) is 6.07 Å². The Morgan fingerprint density at radius 2 is 2.16 bits per heavy atom. The zero-order valence-electron chi connectivity index (χ0n) is 10.6. The quantitative estimate of drug-likeness (QED) is 0.610. The summed E-state index contributed by atoms with van der Waals surface area (Å²) in [6.07, 6.45) is -2.36. The third-order valence-electron chi connectivity index (χ3n) is 2.58. The Labute approximate surface area is 110 Å². The van der Waals surface area contributed by atoms with Crippen LogP contribution in [0.15, 0.2) is 18.2 Å². The van der Waals surface area contributed by atoms with E-state index in [0.717, 1.165) is 0 Å². The van der Waals surface area contributed by atoms with Crippen molar-refractivity contribution in [3.05, 3.63) is 29.3 Å². The van der Waals surface area contributed by atoms with Crippen LogP contribution < -0.4 is 10.5 Å². The topological polar surface area (TPSA) is 110 Å². The van der Waals surface area contributed by atoms with Crippen LogP contribution in [-0.4, -0.2) is 35.1 Å². The van der Waals surface area contributed by atoms with Crippen molar-refractivity contribution in [3.8, 4) is 5.75 Å². The molecule has 0 aliphatic heterocycles. The van der Waals surface area contributed by atoms with Gasteiger partial charge in [0.05, 0.1) is 24.7 Å². The van der Waals surface area contributed by atoms with Crippen LogP contribution in [-0.2, 0) is 4.79 Å². The van der Waals surface area contributed by atoms with Crippen molar-refractivity contribution in [2.45, 2.75) is 25.6 Å². The fourth-order valence-corrected chi connectivity index (χ4v) is 1.67. The number of nitrogens with two attached hydrogens (primary N) is 1. The number of hydrogen-bond donors (Lipinski definition) is 3. The predicted molar refractivity (Wildman–Crippen MR) is 67.8 cm³/mol. The molecule has 0 aliphatic carbocycles. The van der Waals surface area contributed by atoms with Crippen molar-refractivity contribution < 1.29 is 24.5 Å². The molecule has 4 N–H and O–H groups in total. The maximum atomic E-state index is 10.9. The Morgan fingerprint density at radius 1 is 1.47 bits per heavy atom. The van der Waals surface area contributed by atoms with Gasteiger partial charge in [-0.15, -0.1) is 0 Å². The largest absolute Gasteiger partial charge is 0.493 e. The van der Waals surface area contributed by atoms with Crippen molar-refractivity contribution in [1.82, 2.24) is 0 Å². The second kappa shape index (κ2) is 6.86.